The fourth-order valence-electron chi connectivity index (χ4n) is 6.88. The highest BCUT2D eigenvalue weighted by atomic mass is 79.9. The Balaban J connectivity index is 1.13. The van der Waals surface area contributed by atoms with Crippen molar-refractivity contribution in [3.05, 3.63) is 22.9 Å². The van der Waals surface area contributed by atoms with Gasteiger partial charge < -0.3 is 10.1 Å². The summed E-state index contributed by atoms with van der Waals surface area (Å²) in [5, 5.41) is 2.97. The van der Waals surface area contributed by atoms with Gasteiger partial charge in [-0.1, -0.05) is 0 Å². The van der Waals surface area contributed by atoms with Crippen LogP contribution in [0.2, 0.25) is 0 Å². The Morgan fingerprint density at radius 2 is 1.88 bits per heavy atom. The summed E-state index contributed by atoms with van der Waals surface area (Å²) in [4.78, 5) is 32.4. The maximum Gasteiger partial charge on any atom is 0.310 e. The first kappa shape index (κ1) is 24.1. The van der Waals surface area contributed by atoms with Crippen LogP contribution in [0.1, 0.15) is 51.4 Å². The summed E-state index contributed by atoms with van der Waals surface area (Å²) in [5.74, 6) is -3.15. The molecule has 0 radical (unpaired) electrons. The molecule has 0 unspecified atom stereocenters. The van der Waals surface area contributed by atoms with Gasteiger partial charge in [-0.2, -0.15) is 0 Å². The van der Waals surface area contributed by atoms with Gasteiger partial charge in [0.25, 0.3) is 5.92 Å². The van der Waals surface area contributed by atoms with E-state index >= 15 is 0 Å². The zero-order chi connectivity index (χ0) is 23.9. The van der Waals surface area contributed by atoms with Crippen molar-refractivity contribution in [2.24, 2.45) is 29.1 Å². The molecule has 1 N–H and O–H groups in total. The number of amides is 1. The number of nitrogens with zero attached hydrogens (tertiary/aromatic N) is 2. The van der Waals surface area contributed by atoms with Crippen LogP contribution in [0.15, 0.2) is 22.9 Å². The highest BCUT2D eigenvalue weighted by Crippen LogP contribution is 2.74. The van der Waals surface area contributed by atoms with E-state index in [1.54, 1.807) is 23.2 Å². The molecule has 1 aromatic rings. The second-order valence-electron chi connectivity index (χ2n) is 10.5. The standard InChI is InChI=1S/C25H32BrF2N3O3/c26-19-7-4-16(14-29-19)30-22(32)20-17-5-6-18(24(17)8-9-24)21(20)23(33)34-13-3-1-2-11-31-12-10-25(27,28)15-31/h4,7,14,17-18,20-21H,1-3,5-6,8-13,15H2,(H,30,32)/t17-,18+,20+,21+/m0/s1. The molecular weight excluding hydrogens is 508 g/mol. The number of pyridine rings is 1. The molecule has 2 heterocycles. The maximum atomic E-state index is 13.3. The lowest BCUT2D eigenvalue weighted by atomic mass is 9.78. The van der Waals surface area contributed by atoms with E-state index in [-0.39, 0.29) is 53.9 Å². The summed E-state index contributed by atoms with van der Waals surface area (Å²) >= 11 is 3.30. The second-order valence-corrected chi connectivity index (χ2v) is 11.4. The molecule has 4 atom stereocenters. The topological polar surface area (TPSA) is 71.5 Å². The predicted molar refractivity (Wildman–Crippen MR) is 126 cm³/mol. The van der Waals surface area contributed by atoms with Crippen molar-refractivity contribution in [1.82, 2.24) is 9.88 Å². The number of rotatable bonds is 9. The van der Waals surface area contributed by atoms with Crippen molar-refractivity contribution in [3.8, 4) is 0 Å². The fraction of sp³-hybridized carbons (Fsp3) is 0.720. The number of likely N-dealkylation sites (tertiary alicyclic amines) is 1. The number of alkyl halides is 2. The second kappa shape index (κ2) is 9.45. The van der Waals surface area contributed by atoms with E-state index in [1.807, 2.05) is 0 Å². The van der Waals surface area contributed by atoms with Gasteiger partial charge in [-0.25, -0.2) is 13.8 Å². The SMILES string of the molecule is O=C(OCCCCCN1CCC(F)(F)C1)[C@H]1[C@H](C(=O)Nc2ccc(Br)nc2)[C@@H]2CC[C@H]1C21CC1. The molecule has 5 rings (SSSR count). The van der Waals surface area contributed by atoms with Gasteiger partial charge in [0.15, 0.2) is 0 Å². The molecule has 1 spiro atoms. The lowest BCUT2D eigenvalue weighted by Crippen LogP contribution is -2.38. The van der Waals surface area contributed by atoms with E-state index in [1.165, 1.54) is 0 Å². The third kappa shape index (κ3) is 4.74. The number of ether oxygens (including phenoxy) is 1. The first-order chi connectivity index (χ1) is 16.3. The molecule has 34 heavy (non-hydrogen) atoms. The normalized spacial score (nSPS) is 30.6. The highest BCUT2D eigenvalue weighted by molar-refractivity contribution is 9.10. The van der Waals surface area contributed by atoms with Gasteiger partial charge in [-0.3, -0.25) is 14.5 Å². The largest absolute Gasteiger partial charge is 0.465 e. The Labute approximate surface area is 207 Å². The number of esters is 1. The molecule has 1 amide bonds. The lowest BCUT2D eigenvalue weighted by molar-refractivity contribution is -0.154. The summed E-state index contributed by atoms with van der Waals surface area (Å²) in [6, 6.07) is 3.57. The van der Waals surface area contributed by atoms with Gasteiger partial charge in [0.05, 0.1) is 36.9 Å². The zero-order valence-corrected chi connectivity index (χ0v) is 20.9. The van der Waals surface area contributed by atoms with Crippen LogP contribution in [-0.4, -0.2) is 53.9 Å². The number of unbranched alkanes of at least 4 members (excludes halogenated alkanes) is 2. The van der Waals surface area contributed by atoms with Gasteiger partial charge in [0, 0.05) is 13.0 Å². The molecule has 0 aromatic carbocycles. The van der Waals surface area contributed by atoms with Gasteiger partial charge in [0.2, 0.25) is 5.91 Å². The van der Waals surface area contributed by atoms with Crippen LogP contribution in [0.4, 0.5) is 14.5 Å². The van der Waals surface area contributed by atoms with Gasteiger partial charge >= 0.3 is 5.97 Å². The van der Waals surface area contributed by atoms with Gasteiger partial charge in [0.1, 0.15) is 4.60 Å². The monoisotopic (exact) mass is 539 g/mol. The smallest absolute Gasteiger partial charge is 0.310 e. The predicted octanol–water partition coefficient (Wildman–Crippen LogP) is 4.89. The fourth-order valence-corrected chi connectivity index (χ4v) is 7.12. The minimum Gasteiger partial charge on any atom is -0.465 e. The van der Waals surface area contributed by atoms with E-state index in [4.69, 9.17) is 4.74 Å². The quantitative estimate of drug-likeness (QED) is 0.275. The molecule has 6 nitrogen and oxygen atoms in total. The minimum atomic E-state index is -2.55. The highest BCUT2D eigenvalue weighted by Gasteiger charge is 2.72. The molecule has 186 valence electrons. The molecule has 3 saturated carbocycles. The minimum absolute atomic E-state index is 0.0528. The number of hydrogen-bond acceptors (Lipinski definition) is 5. The molecule has 2 bridgehead atoms. The lowest BCUT2D eigenvalue weighted by Gasteiger charge is -2.28. The van der Waals surface area contributed by atoms with Crippen molar-refractivity contribution >= 4 is 33.5 Å². The summed E-state index contributed by atoms with van der Waals surface area (Å²) < 4.78 is 32.9. The Morgan fingerprint density at radius 3 is 2.53 bits per heavy atom. The summed E-state index contributed by atoms with van der Waals surface area (Å²) in [7, 11) is 0. The van der Waals surface area contributed by atoms with Crippen molar-refractivity contribution in [3.63, 3.8) is 0 Å². The van der Waals surface area contributed by atoms with E-state index in [2.05, 4.69) is 26.2 Å². The zero-order valence-electron chi connectivity index (χ0n) is 19.3. The number of carbonyl (C=O) groups excluding carboxylic acids is 2. The van der Waals surface area contributed by atoms with Crippen LogP contribution in [0.25, 0.3) is 0 Å². The first-order valence-electron chi connectivity index (χ1n) is 12.5. The molecule has 4 fully saturated rings. The van der Waals surface area contributed by atoms with Crippen molar-refractivity contribution in [2.45, 2.75) is 57.3 Å². The summed E-state index contributed by atoms with van der Waals surface area (Å²) in [6.07, 6.45) is 8.12. The average Bonchev–Trinajstić information content (AvgIpc) is 3.34. The van der Waals surface area contributed by atoms with Crippen molar-refractivity contribution < 1.29 is 23.1 Å². The molecule has 1 saturated heterocycles. The Morgan fingerprint density at radius 1 is 1.12 bits per heavy atom. The Bertz CT molecular complexity index is 924. The molecular formula is C25H32BrF2N3O3. The summed E-state index contributed by atoms with van der Waals surface area (Å²) in [5.41, 5.74) is 0.783. The van der Waals surface area contributed by atoms with Crippen molar-refractivity contribution in [1.29, 1.82) is 0 Å². The Kier molecular flexibility index (Phi) is 6.70. The van der Waals surface area contributed by atoms with E-state index < -0.39 is 5.92 Å². The Hall–Kier alpha value is -1.61. The third-order valence-corrected chi connectivity index (χ3v) is 9.00. The summed E-state index contributed by atoms with van der Waals surface area (Å²) in [6.45, 7) is 1.29. The number of aromatic nitrogens is 1. The van der Waals surface area contributed by atoms with E-state index in [9.17, 15) is 18.4 Å². The van der Waals surface area contributed by atoms with Crippen LogP contribution in [0, 0.1) is 29.1 Å². The van der Waals surface area contributed by atoms with E-state index in [0.717, 1.165) is 38.5 Å². The average molecular weight is 540 g/mol. The molecule has 1 aromatic heterocycles. The number of nitrogens with one attached hydrogen (secondary N) is 1. The van der Waals surface area contributed by atoms with Gasteiger partial charge in [-0.15, -0.1) is 0 Å². The number of carbonyl (C=O) groups is 2. The van der Waals surface area contributed by atoms with Crippen LogP contribution in [0.5, 0.6) is 0 Å². The number of hydrogen-bond donors (Lipinski definition) is 1. The van der Waals surface area contributed by atoms with Crippen LogP contribution in [0.3, 0.4) is 0 Å². The van der Waals surface area contributed by atoms with Crippen LogP contribution in [-0.2, 0) is 14.3 Å². The molecule has 9 heteroatoms. The van der Waals surface area contributed by atoms with Crippen molar-refractivity contribution in [2.75, 3.05) is 31.6 Å². The van der Waals surface area contributed by atoms with Crippen LogP contribution >= 0.6 is 15.9 Å². The van der Waals surface area contributed by atoms with Gasteiger partial charge in [-0.05, 0) is 96.8 Å². The molecule has 3 aliphatic carbocycles. The van der Waals surface area contributed by atoms with Crippen LogP contribution < -0.4 is 5.32 Å². The third-order valence-electron chi connectivity index (χ3n) is 8.53. The first-order valence-corrected chi connectivity index (χ1v) is 13.3. The maximum absolute atomic E-state index is 13.3. The molecule has 4 aliphatic rings. The number of halogens is 3. The molecule has 1 aliphatic heterocycles. The number of anilines is 1. The van der Waals surface area contributed by atoms with E-state index in [0.29, 0.717) is 36.4 Å².